The number of carbonyl (C=O) groups excluding carboxylic acids is 2. The normalized spacial score (nSPS) is 10.3. The maximum atomic E-state index is 11.9. The molecule has 1 aromatic carbocycles. The van der Waals surface area contributed by atoms with Gasteiger partial charge in [0.25, 0.3) is 0 Å². The predicted molar refractivity (Wildman–Crippen MR) is 90.5 cm³/mol. The van der Waals surface area contributed by atoms with Crippen LogP contribution in [0.1, 0.15) is 27.4 Å². The average Bonchev–Trinajstić information content (AvgIpc) is 2.97. The van der Waals surface area contributed by atoms with Crippen molar-refractivity contribution in [2.45, 2.75) is 19.8 Å². The number of ketones is 1. The standard InChI is InChI=1S/C17H17ClO4S/c1-12-2-8-16(23-12)15(19)7-9-17(20)22-11-10-21-14-5-3-13(18)4-6-14/h2-6,8H,7,9-11H2,1H3. The van der Waals surface area contributed by atoms with Crippen molar-refractivity contribution in [3.8, 4) is 5.75 Å². The summed E-state index contributed by atoms with van der Waals surface area (Å²) in [7, 11) is 0. The second-order valence-corrected chi connectivity index (χ2v) is 6.58. The fourth-order valence-corrected chi connectivity index (χ4v) is 2.80. The lowest BCUT2D eigenvalue weighted by molar-refractivity contribution is -0.144. The van der Waals surface area contributed by atoms with Crippen molar-refractivity contribution in [1.82, 2.24) is 0 Å². The lowest BCUT2D eigenvalue weighted by Crippen LogP contribution is -2.13. The van der Waals surface area contributed by atoms with Crippen molar-refractivity contribution in [3.05, 3.63) is 51.2 Å². The van der Waals surface area contributed by atoms with E-state index in [1.54, 1.807) is 30.3 Å². The summed E-state index contributed by atoms with van der Waals surface area (Å²) in [5.74, 6) is 0.234. The van der Waals surface area contributed by atoms with Crippen LogP contribution >= 0.6 is 22.9 Å². The highest BCUT2D eigenvalue weighted by Gasteiger charge is 2.11. The highest BCUT2D eigenvalue weighted by Crippen LogP contribution is 2.18. The van der Waals surface area contributed by atoms with Gasteiger partial charge in [0.15, 0.2) is 5.78 Å². The summed E-state index contributed by atoms with van der Waals surface area (Å²) in [6.07, 6.45) is 0.244. The van der Waals surface area contributed by atoms with Crippen LogP contribution in [0.3, 0.4) is 0 Å². The zero-order valence-corrected chi connectivity index (χ0v) is 14.3. The van der Waals surface area contributed by atoms with Gasteiger partial charge in [-0.25, -0.2) is 0 Å². The molecule has 0 saturated heterocycles. The van der Waals surface area contributed by atoms with Crippen molar-refractivity contribution < 1.29 is 19.1 Å². The number of esters is 1. The lowest BCUT2D eigenvalue weighted by atomic mass is 10.2. The van der Waals surface area contributed by atoms with Gasteiger partial charge in [0.2, 0.25) is 0 Å². The number of hydrogen-bond donors (Lipinski definition) is 0. The van der Waals surface area contributed by atoms with Crippen molar-refractivity contribution in [2.75, 3.05) is 13.2 Å². The third-order valence-corrected chi connectivity index (χ3v) is 4.29. The van der Waals surface area contributed by atoms with Crippen LogP contribution in [-0.4, -0.2) is 25.0 Å². The fourth-order valence-electron chi connectivity index (χ4n) is 1.84. The Hall–Kier alpha value is -1.85. The molecule has 0 bridgehead atoms. The summed E-state index contributed by atoms with van der Waals surface area (Å²) < 4.78 is 10.4. The Morgan fingerprint density at radius 2 is 1.78 bits per heavy atom. The topological polar surface area (TPSA) is 52.6 Å². The molecular formula is C17H17ClO4S. The molecule has 1 aromatic heterocycles. The van der Waals surface area contributed by atoms with Crippen LogP contribution in [0.15, 0.2) is 36.4 Å². The molecule has 0 aliphatic heterocycles. The molecule has 1 heterocycles. The first-order valence-corrected chi connectivity index (χ1v) is 8.37. The van der Waals surface area contributed by atoms with E-state index in [2.05, 4.69) is 0 Å². The van der Waals surface area contributed by atoms with Crippen LogP contribution in [-0.2, 0) is 9.53 Å². The molecule has 0 aliphatic carbocycles. The molecule has 0 radical (unpaired) electrons. The maximum Gasteiger partial charge on any atom is 0.306 e. The first-order chi connectivity index (χ1) is 11.0. The maximum absolute atomic E-state index is 11.9. The molecule has 0 spiro atoms. The van der Waals surface area contributed by atoms with Gasteiger partial charge in [-0.15, -0.1) is 11.3 Å². The minimum Gasteiger partial charge on any atom is -0.490 e. The number of Topliss-reactive ketones (excluding diaryl/α,β-unsaturated/α-hetero) is 1. The minimum absolute atomic E-state index is 0.0301. The van der Waals surface area contributed by atoms with E-state index in [0.29, 0.717) is 15.6 Å². The summed E-state index contributed by atoms with van der Waals surface area (Å²) in [6.45, 7) is 2.34. The molecule has 6 heteroatoms. The molecule has 0 saturated carbocycles. The monoisotopic (exact) mass is 352 g/mol. The Balaban J connectivity index is 1.61. The summed E-state index contributed by atoms with van der Waals surface area (Å²) >= 11 is 7.21. The molecule has 0 aliphatic rings. The lowest BCUT2D eigenvalue weighted by Gasteiger charge is -2.07. The second kappa shape index (κ2) is 8.70. The van der Waals surface area contributed by atoms with E-state index in [9.17, 15) is 9.59 Å². The number of halogens is 1. The number of carbonyl (C=O) groups is 2. The summed E-state index contributed by atoms with van der Waals surface area (Å²) in [4.78, 5) is 25.2. The minimum atomic E-state index is -0.397. The van der Waals surface area contributed by atoms with Gasteiger partial charge in [0.1, 0.15) is 19.0 Å². The summed E-state index contributed by atoms with van der Waals surface area (Å²) in [5.41, 5.74) is 0. The van der Waals surface area contributed by atoms with Crippen LogP contribution in [0.2, 0.25) is 5.02 Å². The number of ether oxygens (including phenoxy) is 2. The summed E-state index contributed by atoms with van der Waals surface area (Å²) in [5, 5.41) is 0.634. The number of hydrogen-bond acceptors (Lipinski definition) is 5. The Bertz CT molecular complexity index is 663. The van der Waals surface area contributed by atoms with Gasteiger partial charge >= 0.3 is 5.97 Å². The zero-order valence-electron chi connectivity index (χ0n) is 12.7. The van der Waals surface area contributed by atoms with Crippen LogP contribution in [0.5, 0.6) is 5.75 Å². The Kier molecular flexibility index (Phi) is 6.62. The molecule has 122 valence electrons. The zero-order chi connectivity index (χ0) is 16.7. The van der Waals surface area contributed by atoms with Crippen LogP contribution in [0.4, 0.5) is 0 Å². The van der Waals surface area contributed by atoms with Gasteiger partial charge < -0.3 is 9.47 Å². The number of thiophene rings is 1. The Morgan fingerprint density at radius 3 is 2.43 bits per heavy atom. The Labute approximate surface area is 144 Å². The molecule has 23 heavy (non-hydrogen) atoms. The molecule has 4 nitrogen and oxygen atoms in total. The smallest absolute Gasteiger partial charge is 0.306 e. The van der Waals surface area contributed by atoms with E-state index in [1.807, 2.05) is 13.0 Å². The van der Waals surface area contributed by atoms with Crippen molar-refractivity contribution in [1.29, 1.82) is 0 Å². The molecular weight excluding hydrogens is 336 g/mol. The van der Waals surface area contributed by atoms with Crippen molar-refractivity contribution in [3.63, 3.8) is 0 Å². The van der Waals surface area contributed by atoms with Crippen molar-refractivity contribution in [2.24, 2.45) is 0 Å². The molecule has 2 rings (SSSR count). The first-order valence-electron chi connectivity index (χ1n) is 7.18. The van der Waals surface area contributed by atoms with E-state index in [4.69, 9.17) is 21.1 Å². The molecule has 0 unspecified atom stereocenters. The highest BCUT2D eigenvalue weighted by atomic mass is 35.5. The van der Waals surface area contributed by atoms with Crippen LogP contribution in [0.25, 0.3) is 0 Å². The van der Waals surface area contributed by atoms with E-state index in [0.717, 1.165) is 4.88 Å². The second-order valence-electron chi connectivity index (χ2n) is 4.86. The van der Waals surface area contributed by atoms with Crippen LogP contribution < -0.4 is 4.74 Å². The largest absolute Gasteiger partial charge is 0.490 e. The first kappa shape index (κ1) is 17.5. The fraction of sp³-hybridized carbons (Fsp3) is 0.294. The third-order valence-electron chi connectivity index (χ3n) is 3.00. The number of benzene rings is 1. The van der Waals surface area contributed by atoms with Crippen LogP contribution in [0, 0.1) is 6.92 Å². The predicted octanol–water partition coefficient (Wildman–Crippen LogP) is 4.30. The van der Waals surface area contributed by atoms with Gasteiger partial charge in [0, 0.05) is 16.3 Å². The molecule has 2 aromatic rings. The van der Waals surface area contributed by atoms with E-state index >= 15 is 0 Å². The molecule has 0 amide bonds. The SMILES string of the molecule is Cc1ccc(C(=O)CCC(=O)OCCOc2ccc(Cl)cc2)s1. The van der Waals surface area contributed by atoms with E-state index < -0.39 is 5.97 Å². The quantitative estimate of drug-likeness (QED) is 0.404. The number of aryl methyl sites for hydroxylation is 1. The molecule has 0 N–H and O–H groups in total. The van der Waals surface area contributed by atoms with Gasteiger partial charge in [-0.2, -0.15) is 0 Å². The van der Waals surface area contributed by atoms with E-state index in [-0.39, 0.29) is 31.8 Å². The average molecular weight is 353 g/mol. The third kappa shape index (κ3) is 6.04. The Morgan fingerprint density at radius 1 is 1.04 bits per heavy atom. The number of rotatable bonds is 8. The molecule has 0 atom stereocenters. The van der Waals surface area contributed by atoms with Gasteiger partial charge in [-0.1, -0.05) is 11.6 Å². The van der Waals surface area contributed by atoms with Crippen molar-refractivity contribution >= 4 is 34.7 Å². The van der Waals surface area contributed by atoms with Gasteiger partial charge in [-0.05, 0) is 43.3 Å². The van der Waals surface area contributed by atoms with Gasteiger partial charge in [0.05, 0.1) is 11.3 Å². The molecule has 0 fully saturated rings. The van der Waals surface area contributed by atoms with E-state index in [1.165, 1.54) is 11.3 Å². The highest BCUT2D eigenvalue weighted by molar-refractivity contribution is 7.14. The van der Waals surface area contributed by atoms with Gasteiger partial charge in [-0.3, -0.25) is 9.59 Å². The summed E-state index contributed by atoms with van der Waals surface area (Å²) in [6, 6.07) is 10.6.